The Morgan fingerprint density at radius 3 is 2.70 bits per heavy atom. The number of benzene rings is 1. The van der Waals surface area contributed by atoms with Gasteiger partial charge in [0.2, 0.25) is 0 Å². The van der Waals surface area contributed by atoms with E-state index in [1.54, 1.807) is 6.07 Å². The lowest BCUT2D eigenvalue weighted by molar-refractivity contribution is 0.0921. The molecular formula is C16H19NO3. The Balaban J connectivity index is 1.48. The van der Waals surface area contributed by atoms with Gasteiger partial charge in [0.25, 0.3) is 5.91 Å². The van der Waals surface area contributed by atoms with Crippen LogP contribution in [0.3, 0.4) is 0 Å². The van der Waals surface area contributed by atoms with Gasteiger partial charge in [-0.1, -0.05) is 6.42 Å². The zero-order chi connectivity index (χ0) is 13.5. The minimum Gasteiger partial charge on any atom is -0.486 e. The van der Waals surface area contributed by atoms with Gasteiger partial charge in [0.15, 0.2) is 11.5 Å². The summed E-state index contributed by atoms with van der Waals surface area (Å²) in [5, 5.41) is 3.20. The number of amides is 1. The van der Waals surface area contributed by atoms with Crippen LogP contribution >= 0.6 is 0 Å². The van der Waals surface area contributed by atoms with Crippen molar-refractivity contribution in [2.75, 3.05) is 13.2 Å². The molecule has 2 fully saturated rings. The van der Waals surface area contributed by atoms with Gasteiger partial charge in [-0.3, -0.25) is 4.79 Å². The van der Waals surface area contributed by atoms with Crippen molar-refractivity contribution in [2.45, 2.75) is 31.7 Å². The van der Waals surface area contributed by atoms with Gasteiger partial charge in [0.05, 0.1) is 0 Å². The number of hydrogen-bond donors (Lipinski definition) is 1. The largest absolute Gasteiger partial charge is 0.486 e. The highest BCUT2D eigenvalue weighted by Crippen LogP contribution is 2.44. The van der Waals surface area contributed by atoms with Crippen molar-refractivity contribution in [3.05, 3.63) is 23.8 Å². The van der Waals surface area contributed by atoms with Crippen LogP contribution in [0.15, 0.2) is 18.2 Å². The van der Waals surface area contributed by atoms with E-state index in [4.69, 9.17) is 9.47 Å². The first kappa shape index (κ1) is 12.1. The van der Waals surface area contributed by atoms with E-state index in [1.165, 1.54) is 19.3 Å². The normalized spacial score (nSPS) is 30.3. The molecule has 2 saturated carbocycles. The van der Waals surface area contributed by atoms with Crippen molar-refractivity contribution in [3.8, 4) is 11.5 Å². The molecule has 1 heterocycles. The molecule has 0 radical (unpaired) electrons. The zero-order valence-electron chi connectivity index (χ0n) is 11.4. The zero-order valence-corrected chi connectivity index (χ0v) is 11.4. The minimum absolute atomic E-state index is 0.0134. The number of carbonyl (C=O) groups excluding carboxylic acids is 1. The van der Waals surface area contributed by atoms with Gasteiger partial charge < -0.3 is 14.8 Å². The van der Waals surface area contributed by atoms with Crippen LogP contribution in [-0.4, -0.2) is 25.2 Å². The van der Waals surface area contributed by atoms with E-state index < -0.39 is 0 Å². The molecular weight excluding hydrogens is 254 g/mol. The molecule has 20 heavy (non-hydrogen) atoms. The quantitative estimate of drug-likeness (QED) is 0.900. The molecule has 3 aliphatic rings. The SMILES string of the molecule is O=C(N[C@@H]1C[C@@H]2CC[C@@H]1C2)c1ccc2c(c1)OCCO2. The lowest BCUT2D eigenvalue weighted by Crippen LogP contribution is -2.38. The predicted octanol–water partition coefficient (Wildman–Crippen LogP) is 2.38. The maximum atomic E-state index is 12.4. The van der Waals surface area contributed by atoms with Crippen LogP contribution < -0.4 is 14.8 Å². The van der Waals surface area contributed by atoms with Gasteiger partial charge in [-0.25, -0.2) is 0 Å². The van der Waals surface area contributed by atoms with Gasteiger partial charge in [0, 0.05) is 11.6 Å². The molecule has 3 atom stereocenters. The lowest BCUT2D eigenvalue weighted by Gasteiger charge is -2.23. The number of fused-ring (bicyclic) bond motifs is 3. The average molecular weight is 273 g/mol. The van der Waals surface area contributed by atoms with E-state index in [9.17, 15) is 4.79 Å². The Bertz CT molecular complexity index is 543. The molecule has 4 rings (SSSR count). The molecule has 4 nitrogen and oxygen atoms in total. The molecule has 1 aromatic carbocycles. The van der Waals surface area contributed by atoms with E-state index in [0.29, 0.717) is 36.5 Å². The fourth-order valence-electron chi connectivity index (χ4n) is 3.86. The minimum atomic E-state index is 0.0134. The third-order valence-corrected chi connectivity index (χ3v) is 4.86. The highest BCUT2D eigenvalue weighted by molar-refractivity contribution is 5.95. The van der Waals surface area contributed by atoms with Crippen LogP contribution in [-0.2, 0) is 0 Å². The first-order valence-electron chi connectivity index (χ1n) is 7.50. The van der Waals surface area contributed by atoms with E-state index in [1.807, 2.05) is 12.1 Å². The Morgan fingerprint density at radius 1 is 1.10 bits per heavy atom. The van der Waals surface area contributed by atoms with E-state index >= 15 is 0 Å². The molecule has 1 aromatic rings. The fourth-order valence-corrected chi connectivity index (χ4v) is 3.86. The third kappa shape index (κ3) is 2.03. The third-order valence-electron chi connectivity index (χ3n) is 4.86. The van der Waals surface area contributed by atoms with Crippen LogP contribution in [0.5, 0.6) is 11.5 Å². The second-order valence-corrected chi connectivity index (χ2v) is 6.11. The summed E-state index contributed by atoms with van der Waals surface area (Å²) in [6.07, 6.45) is 5.07. The molecule has 2 bridgehead atoms. The van der Waals surface area contributed by atoms with Gasteiger partial charge in [-0.2, -0.15) is 0 Å². The average Bonchev–Trinajstić information content (AvgIpc) is 3.09. The highest BCUT2D eigenvalue weighted by atomic mass is 16.6. The molecule has 106 valence electrons. The number of rotatable bonds is 2. The number of ether oxygens (including phenoxy) is 2. The summed E-state index contributed by atoms with van der Waals surface area (Å²) in [6, 6.07) is 5.80. The Morgan fingerprint density at radius 2 is 1.95 bits per heavy atom. The number of carbonyl (C=O) groups is 1. The first-order valence-corrected chi connectivity index (χ1v) is 7.50. The second kappa shape index (κ2) is 4.69. The van der Waals surface area contributed by atoms with Gasteiger partial charge >= 0.3 is 0 Å². The predicted molar refractivity (Wildman–Crippen MR) is 74.1 cm³/mol. The molecule has 1 amide bonds. The Labute approximate surface area is 118 Å². The van der Waals surface area contributed by atoms with Crippen molar-refractivity contribution >= 4 is 5.91 Å². The lowest BCUT2D eigenvalue weighted by atomic mass is 9.95. The molecule has 4 heteroatoms. The fraction of sp³-hybridized carbons (Fsp3) is 0.562. The van der Waals surface area contributed by atoms with Gasteiger partial charge in [0.1, 0.15) is 13.2 Å². The molecule has 0 spiro atoms. The van der Waals surface area contributed by atoms with Crippen molar-refractivity contribution < 1.29 is 14.3 Å². The number of hydrogen-bond acceptors (Lipinski definition) is 3. The highest BCUT2D eigenvalue weighted by Gasteiger charge is 2.40. The van der Waals surface area contributed by atoms with E-state index in [2.05, 4.69) is 5.32 Å². The first-order chi connectivity index (χ1) is 9.79. The van der Waals surface area contributed by atoms with Crippen molar-refractivity contribution in [3.63, 3.8) is 0 Å². The van der Waals surface area contributed by atoms with Crippen LogP contribution in [0.2, 0.25) is 0 Å². The van der Waals surface area contributed by atoms with Gasteiger partial charge in [-0.15, -0.1) is 0 Å². The van der Waals surface area contributed by atoms with Crippen LogP contribution in [0.4, 0.5) is 0 Å². The maximum absolute atomic E-state index is 12.4. The van der Waals surface area contributed by atoms with E-state index in [-0.39, 0.29) is 5.91 Å². The summed E-state index contributed by atoms with van der Waals surface area (Å²) in [5.41, 5.74) is 0.664. The molecule has 2 aliphatic carbocycles. The summed E-state index contributed by atoms with van der Waals surface area (Å²) in [5.74, 6) is 2.95. The van der Waals surface area contributed by atoms with Crippen LogP contribution in [0, 0.1) is 11.8 Å². The molecule has 0 aromatic heterocycles. The van der Waals surface area contributed by atoms with Crippen LogP contribution in [0.25, 0.3) is 0 Å². The summed E-state index contributed by atoms with van der Waals surface area (Å²) < 4.78 is 11.0. The van der Waals surface area contributed by atoms with E-state index in [0.717, 1.165) is 18.1 Å². The van der Waals surface area contributed by atoms with Crippen molar-refractivity contribution in [1.29, 1.82) is 0 Å². The molecule has 1 aliphatic heterocycles. The monoisotopic (exact) mass is 273 g/mol. The standard InChI is InChI=1S/C16H19NO3/c18-16(17-13-8-10-1-2-11(13)7-10)12-3-4-14-15(9-12)20-6-5-19-14/h3-4,9-11,13H,1-2,5-8H2,(H,17,18)/t10-,11-,13-/m1/s1. The van der Waals surface area contributed by atoms with Crippen LogP contribution in [0.1, 0.15) is 36.0 Å². The Hall–Kier alpha value is -1.71. The molecule has 0 saturated heterocycles. The maximum Gasteiger partial charge on any atom is 0.251 e. The summed E-state index contributed by atoms with van der Waals surface area (Å²) in [6.45, 7) is 1.12. The topological polar surface area (TPSA) is 47.6 Å². The summed E-state index contributed by atoms with van der Waals surface area (Å²) in [4.78, 5) is 12.4. The van der Waals surface area contributed by atoms with Gasteiger partial charge in [-0.05, 0) is 49.3 Å². The molecule has 1 N–H and O–H groups in total. The van der Waals surface area contributed by atoms with Crippen molar-refractivity contribution in [2.24, 2.45) is 11.8 Å². The Kier molecular flexibility index (Phi) is 2.83. The van der Waals surface area contributed by atoms with Crippen molar-refractivity contribution in [1.82, 2.24) is 5.32 Å². The second-order valence-electron chi connectivity index (χ2n) is 6.11. The summed E-state index contributed by atoms with van der Waals surface area (Å²) >= 11 is 0. The smallest absolute Gasteiger partial charge is 0.251 e. The molecule has 0 unspecified atom stereocenters. The summed E-state index contributed by atoms with van der Waals surface area (Å²) in [7, 11) is 0. The number of nitrogens with one attached hydrogen (secondary N) is 1.